The minimum absolute atomic E-state index is 0.00245. The fourth-order valence-electron chi connectivity index (χ4n) is 1.58. The van der Waals surface area contributed by atoms with Gasteiger partial charge in [-0.15, -0.1) is 0 Å². The van der Waals surface area contributed by atoms with Crippen molar-refractivity contribution in [1.82, 2.24) is 4.98 Å². The van der Waals surface area contributed by atoms with Crippen LogP contribution in [0.25, 0.3) is 0 Å². The molecule has 1 heterocycles. The van der Waals surface area contributed by atoms with Crippen LogP contribution in [-0.2, 0) is 0 Å². The molecule has 5 heteroatoms. The van der Waals surface area contributed by atoms with E-state index >= 15 is 0 Å². The normalized spacial score (nSPS) is 11.6. The van der Waals surface area contributed by atoms with Crippen LogP contribution in [-0.4, -0.2) is 10.5 Å². The highest BCUT2D eigenvalue weighted by molar-refractivity contribution is 5.46. The Morgan fingerprint density at radius 3 is 2.56 bits per heavy atom. The summed E-state index contributed by atoms with van der Waals surface area (Å²) in [5.74, 6) is -1.86. The summed E-state index contributed by atoms with van der Waals surface area (Å²) < 4.78 is 26.3. The third kappa shape index (κ3) is 3.05. The highest BCUT2D eigenvalue weighted by atomic mass is 19.1. The Labute approximate surface area is 94.1 Å². The Morgan fingerprint density at radius 1 is 1.38 bits per heavy atom. The van der Waals surface area contributed by atoms with Gasteiger partial charge in [-0.3, -0.25) is 0 Å². The lowest BCUT2D eigenvalue weighted by atomic mass is 9.99. The van der Waals surface area contributed by atoms with Crippen LogP contribution in [0.3, 0.4) is 0 Å². The smallest absolute Gasteiger partial charge is 0.168 e. The van der Waals surface area contributed by atoms with Crippen molar-refractivity contribution in [2.24, 2.45) is 0 Å². The summed E-state index contributed by atoms with van der Waals surface area (Å²) in [6.07, 6.45) is 1.81. The summed E-state index contributed by atoms with van der Waals surface area (Å²) in [5.41, 5.74) is 4.99. The molecule has 0 saturated carbocycles. The second kappa shape index (κ2) is 4.63. The first-order valence-corrected chi connectivity index (χ1v) is 5.25. The van der Waals surface area contributed by atoms with E-state index in [9.17, 15) is 8.78 Å². The first-order valence-electron chi connectivity index (χ1n) is 5.25. The van der Waals surface area contributed by atoms with Gasteiger partial charge in [0.25, 0.3) is 0 Å². The molecule has 0 spiro atoms. The molecule has 1 rings (SSSR count). The number of hydrogen-bond acceptors (Lipinski definition) is 3. The van der Waals surface area contributed by atoms with Crippen LogP contribution in [0.1, 0.15) is 33.6 Å². The summed E-state index contributed by atoms with van der Waals surface area (Å²) in [6, 6.07) is 0.743. The van der Waals surface area contributed by atoms with Crippen molar-refractivity contribution in [3.8, 4) is 0 Å². The predicted molar refractivity (Wildman–Crippen MR) is 61.2 cm³/mol. The molecule has 0 saturated heterocycles. The minimum atomic E-state index is -0.837. The molecular weight excluding hydrogens is 212 g/mol. The molecule has 1 aromatic heterocycles. The molecule has 3 nitrogen and oxygen atoms in total. The van der Waals surface area contributed by atoms with Crippen LogP contribution in [0.2, 0.25) is 0 Å². The van der Waals surface area contributed by atoms with E-state index in [1.807, 2.05) is 20.8 Å². The van der Waals surface area contributed by atoms with E-state index in [-0.39, 0.29) is 17.2 Å². The maximum Gasteiger partial charge on any atom is 0.168 e. The molecule has 16 heavy (non-hydrogen) atoms. The molecule has 0 unspecified atom stereocenters. The third-order valence-corrected chi connectivity index (χ3v) is 2.29. The van der Waals surface area contributed by atoms with Crippen LogP contribution in [0.5, 0.6) is 0 Å². The third-order valence-electron chi connectivity index (χ3n) is 2.29. The van der Waals surface area contributed by atoms with Crippen LogP contribution >= 0.6 is 0 Å². The van der Waals surface area contributed by atoms with E-state index in [0.29, 0.717) is 0 Å². The van der Waals surface area contributed by atoms with Crippen LogP contribution < -0.4 is 11.1 Å². The van der Waals surface area contributed by atoms with Gasteiger partial charge in [0.15, 0.2) is 23.3 Å². The van der Waals surface area contributed by atoms with E-state index in [1.165, 1.54) is 0 Å². The summed E-state index contributed by atoms with van der Waals surface area (Å²) in [7, 11) is 0. The highest BCUT2D eigenvalue weighted by Gasteiger charge is 2.19. The fourth-order valence-corrected chi connectivity index (χ4v) is 1.58. The SMILES string of the molecule is CCCC(C)(C)Nc1nc(N)c(F)cc1F. The molecule has 0 amide bonds. The maximum atomic E-state index is 13.4. The lowest BCUT2D eigenvalue weighted by molar-refractivity contribution is 0.499. The van der Waals surface area contributed by atoms with E-state index in [0.717, 1.165) is 18.9 Å². The summed E-state index contributed by atoms with van der Waals surface area (Å²) in [4.78, 5) is 3.66. The monoisotopic (exact) mass is 229 g/mol. The van der Waals surface area contributed by atoms with E-state index < -0.39 is 11.6 Å². The minimum Gasteiger partial charge on any atom is -0.381 e. The first-order chi connectivity index (χ1) is 7.35. The predicted octanol–water partition coefficient (Wildman–Crippen LogP) is 2.93. The zero-order valence-corrected chi connectivity index (χ0v) is 9.77. The number of pyridine rings is 1. The lowest BCUT2D eigenvalue weighted by Gasteiger charge is -2.26. The van der Waals surface area contributed by atoms with Crippen molar-refractivity contribution < 1.29 is 8.78 Å². The van der Waals surface area contributed by atoms with Crippen LogP contribution in [0, 0.1) is 11.6 Å². The molecule has 0 aliphatic carbocycles. The summed E-state index contributed by atoms with van der Waals surface area (Å²) in [6.45, 7) is 5.89. The van der Waals surface area contributed by atoms with Crippen molar-refractivity contribution >= 4 is 11.6 Å². The Kier molecular flexibility index (Phi) is 3.67. The second-order valence-corrected chi connectivity index (χ2v) is 4.44. The van der Waals surface area contributed by atoms with Crippen molar-refractivity contribution in [3.63, 3.8) is 0 Å². The number of aromatic nitrogens is 1. The Hall–Kier alpha value is -1.39. The van der Waals surface area contributed by atoms with Gasteiger partial charge in [0, 0.05) is 11.6 Å². The molecule has 0 atom stereocenters. The molecule has 0 radical (unpaired) electrons. The van der Waals surface area contributed by atoms with Crippen molar-refractivity contribution in [1.29, 1.82) is 0 Å². The van der Waals surface area contributed by atoms with E-state index in [1.54, 1.807) is 0 Å². The standard InChI is InChI=1S/C11H17F2N3/c1-4-5-11(2,3)16-10-8(13)6-7(12)9(14)15-10/h6H,4-5H2,1-3H3,(H3,14,15,16). The average Bonchev–Trinajstić information content (AvgIpc) is 2.13. The van der Waals surface area contributed by atoms with E-state index in [2.05, 4.69) is 10.3 Å². The van der Waals surface area contributed by atoms with Gasteiger partial charge in [0.2, 0.25) is 0 Å². The molecule has 0 aliphatic rings. The highest BCUT2D eigenvalue weighted by Crippen LogP contribution is 2.22. The number of rotatable bonds is 4. The van der Waals surface area contributed by atoms with Crippen LogP contribution in [0.4, 0.5) is 20.4 Å². The maximum absolute atomic E-state index is 13.4. The van der Waals surface area contributed by atoms with Crippen molar-refractivity contribution in [2.75, 3.05) is 11.1 Å². The molecular formula is C11H17F2N3. The number of nitrogens with one attached hydrogen (secondary N) is 1. The van der Waals surface area contributed by atoms with Crippen LogP contribution in [0.15, 0.2) is 6.07 Å². The number of hydrogen-bond donors (Lipinski definition) is 2. The summed E-state index contributed by atoms with van der Waals surface area (Å²) >= 11 is 0. The van der Waals surface area contributed by atoms with Crippen molar-refractivity contribution in [2.45, 2.75) is 39.2 Å². The first kappa shape index (κ1) is 12.7. The zero-order chi connectivity index (χ0) is 12.3. The number of anilines is 2. The van der Waals surface area contributed by atoms with Gasteiger partial charge in [-0.25, -0.2) is 13.8 Å². The Morgan fingerprint density at radius 2 is 2.00 bits per heavy atom. The fraction of sp³-hybridized carbons (Fsp3) is 0.545. The van der Waals surface area contributed by atoms with Gasteiger partial charge >= 0.3 is 0 Å². The topological polar surface area (TPSA) is 50.9 Å². The largest absolute Gasteiger partial charge is 0.381 e. The summed E-state index contributed by atoms with van der Waals surface area (Å²) in [5, 5.41) is 2.92. The quantitative estimate of drug-likeness (QED) is 0.834. The van der Waals surface area contributed by atoms with Gasteiger partial charge in [0.05, 0.1) is 0 Å². The Balaban J connectivity index is 2.93. The van der Waals surface area contributed by atoms with Gasteiger partial charge < -0.3 is 11.1 Å². The molecule has 0 bridgehead atoms. The van der Waals surface area contributed by atoms with Gasteiger partial charge in [-0.2, -0.15) is 0 Å². The molecule has 3 N–H and O–H groups in total. The molecule has 0 aliphatic heterocycles. The number of nitrogens with zero attached hydrogens (tertiary/aromatic N) is 1. The second-order valence-electron chi connectivity index (χ2n) is 4.44. The Bertz CT molecular complexity index is 378. The number of nitrogens with two attached hydrogens (primary N) is 1. The van der Waals surface area contributed by atoms with Crippen molar-refractivity contribution in [3.05, 3.63) is 17.7 Å². The molecule has 0 fully saturated rings. The molecule has 90 valence electrons. The number of nitrogen functional groups attached to an aromatic ring is 1. The van der Waals surface area contributed by atoms with E-state index in [4.69, 9.17) is 5.73 Å². The lowest BCUT2D eigenvalue weighted by Crippen LogP contribution is -2.31. The van der Waals surface area contributed by atoms with Gasteiger partial charge in [0.1, 0.15) is 0 Å². The van der Waals surface area contributed by atoms with Gasteiger partial charge in [-0.05, 0) is 20.3 Å². The molecule has 1 aromatic rings. The van der Waals surface area contributed by atoms with Gasteiger partial charge in [-0.1, -0.05) is 13.3 Å². The number of halogens is 2. The zero-order valence-electron chi connectivity index (χ0n) is 9.77. The average molecular weight is 229 g/mol. The molecule has 0 aromatic carbocycles.